The molecule has 0 bridgehead atoms. The lowest BCUT2D eigenvalue weighted by Crippen LogP contribution is -2.37. The first-order valence-electron chi connectivity index (χ1n) is 17.3. The maximum atomic E-state index is 13.6. The summed E-state index contributed by atoms with van der Waals surface area (Å²) in [6, 6.07) is 13.8. The third-order valence-electron chi connectivity index (χ3n) is 8.41. The van der Waals surface area contributed by atoms with E-state index in [4.69, 9.17) is 42.6 Å². The van der Waals surface area contributed by atoms with Crippen LogP contribution in [0.4, 0.5) is 0 Å². The van der Waals surface area contributed by atoms with E-state index < -0.39 is 68.1 Å². The van der Waals surface area contributed by atoms with Crippen molar-refractivity contribution in [3.63, 3.8) is 0 Å². The van der Waals surface area contributed by atoms with Crippen molar-refractivity contribution in [2.75, 3.05) is 33.5 Å². The van der Waals surface area contributed by atoms with E-state index in [2.05, 4.69) is 0 Å². The lowest BCUT2D eigenvalue weighted by molar-refractivity contribution is -0.167. The molecule has 55 heavy (non-hydrogen) atoms. The van der Waals surface area contributed by atoms with E-state index in [1.54, 1.807) is 48.5 Å². The molecule has 3 aromatic carbocycles. The number of fused-ring (bicyclic) bond motifs is 6. The Morgan fingerprint density at radius 3 is 1.80 bits per heavy atom. The Morgan fingerprint density at radius 2 is 1.24 bits per heavy atom. The van der Waals surface area contributed by atoms with Crippen molar-refractivity contribution in [3.05, 3.63) is 81.9 Å². The number of rotatable bonds is 16. The molecule has 3 aromatic rings. The van der Waals surface area contributed by atoms with Crippen LogP contribution in [0.25, 0.3) is 0 Å². The highest BCUT2D eigenvalue weighted by atomic mass is 16.7. The molecule has 1 atom stereocenters. The number of esters is 6. The zero-order valence-electron chi connectivity index (χ0n) is 31.2. The predicted molar refractivity (Wildman–Crippen MR) is 188 cm³/mol. The Morgan fingerprint density at radius 1 is 0.691 bits per heavy atom. The highest BCUT2D eigenvalue weighted by Gasteiger charge is 2.54. The van der Waals surface area contributed by atoms with E-state index >= 15 is 0 Å². The fourth-order valence-corrected chi connectivity index (χ4v) is 6.24. The van der Waals surface area contributed by atoms with Crippen molar-refractivity contribution in [1.29, 1.82) is 0 Å². The van der Waals surface area contributed by atoms with E-state index in [-0.39, 0.29) is 25.2 Å². The third kappa shape index (κ3) is 8.97. The topological polar surface area (TPSA) is 189 Å². The van der Waals surface area contributed by atoms with Gasteiger partial charge in [0, 0.05) is 49.6 Å². The summed E-state index contributed by atoms with van der Waals surface area (Å²) in [5.74, 6) is -2.98. The maximum Gasteiger partial charge on any atom is 0.340 e. The van der Waals surface area contributed by atoms with Gasteiger partial charge in [-0.25, -0.2) is 4.79 Å². The van der Waals surface area contributed by atoms with Gasteiger partial charge < -0.3 is 42.6 Å². The van der Waals surface area contributed by atoms with Gasteiger partial charge in [-0.2, -0.15) is 0 Å². The van der Waals surface area contributed by atoms with Gasteiger partial charge in [0.25, 0.3) is 0 Å². The van der Waals surface area contributed by atoms with Gasteiger partial charge >= 0.3 is 35.8 Å². The number of carbonyl (C=O) groups excluding carboxylic acids is 6. The van der Waals surface area contributed by atoms with Crippen LogP contribution in [0.3, 0.4) is 0 Å². The maximum absolute atomic E-state index is 13.6. The summed E-state index contributed by atoms with van der Waals surface area (Å²) < 4.78 is 50.0. The van der Waals surface area contributed by atoms with Crippen molar-refractivity contribution < 1.29 is 71.4 Å². The van der Waals surface area contributed by atoms with E-state index in [9.17, 15) is 28.8 Å². The van der Waals surface area contributed by atoms with Crippen molar-refractivity contribution in [3.8, 4) is 23.0 Å². The van der Waals surface area contributed by atoms with E-state index in [0.717, 1.165) is 13.8 Å². The summed E-state index contributed by atoms with van der Waals surface area (Å²) in [4.78, 5) is 75.1. The smallest absolute Gasteiger partial charge is 0.340 e. The summed E-state index contributed by atoms with van der Waals surface area (Å²) in [5.41, 5.74) is 1.20. The first-order valence-corrected chi connectivity index (χ1v) is 17.3. The number of ether oxygens (including phenoxy) is 9. The van der Waals surface area contributed by atoms with E-state index in [1.165, 1.54) is 11.8 Å². The standard InChI is InChI=1S/C39H41NO15/c1-7-26-32(50-19-47-23(4)41)14-12-30-36(26)54-37-28(16-40(17-34(44)51-20-48-24(5)42)18-35(45)52-21-49-25(6)43)33(53-22(2)3)15-13-31(37)39(30)29-11-9-8-10-27(29)38(46)55-39/h8-15,22H,7,16-21H2,1-6H3. The van der Waals surface area contributed by atoms with Crippen LogP contribution in [0.5, 0.6) is 23.0 Å². The zero-order chi connectivity index (χ0) is 39.9. The lowest BCUT2D eigenvalue weighted by Gasteiger charge is -2.39. The molecule has 2 heterocycles. The monoisotopic (exact) mass is 763 g/mol. The predicted octanol–water partition coefficient (Wildman–Crippen LogP) is 4.43. The molecule has 0 amide bonds. The minimum atomic E-state index is -1.53. The Balaban J connectivity index is 1.68. The average Bonchev–Trinajstić information content (AvgIpc) is 3.40. The zero-order valence-corrected chi connectivity index (χ0v) is 31.2. The third-order valence-corrected chi connectivity index (χ3v) is 8.41. The molecule has 0 radical (unpaired) electrons. The molecule has 0 saturated heterocycles. The average molecular weight is 764 g/mol. The van der Waals surface area contributed by atoms with Crippen LogP contribution in [-0.2, 0) is 71.0 Å². The van der Waals surface area contributed by atoms with Crippen LogP contribution in [0.1, 0.15) is 79.7 Å². The Bertz CT molecular complexity index is 1960. The first kappa shape index (κ1) is 40.0. The minimum Gasteiger partial charge on any atom is -0.491 e. The normalized spacial score (nSPS) is 14.9. The summed E-state index contributed by atoms with van der Waals surface area (Å²) in [6.45, 7) is 6.15. The molecule has 16 nitrogen and oxygen atoms in total. The van der Waals surface area contributed by atoms with Crippen LogP contribution in [-0.4, -0.2) is 80.3 Å². The first-order chi connectivity index (χ1) is 26.2. The van der Waals surface area contributed by atoms with Gasteiger partial charge in [0.2, 0.25) is 20.4 Å². The van der Waals surface area contributed by atoms with Gasteiger partial charge in [-0.15, -0.1) is 0 Å². The van der Waals surface area contributed by atoms with Crippen molar-refractivity contribution in [2.45, 2.75) is 66.2 Å². The number of nitrogens with zero attached hydrogens (tertiary/aromatic N) is 1. The highest BCUT2D eigenvalue weighted by molar-refractivity contribution is 5.97. The molecule has 0 fully saturated rings. The summed E-state index contributed by atoms with van der Waals surface area (Å²) in [7, 11) is 0. The van der Waals surface area contributed by atoms with Gasteiger partial charge in [-0.05, 0) is 50.6 Å². The Hall–Kier alpha value is -6.16. The van der Waals surface area contributed by atoms with Crippen LogP contribution < -0.4 is 14.2 Å². The summed E-state index contributed by atoms with van der Waals surface area (Å²) in [5, 5.41) is 0. The quantitative estimate of drug-likeness (QED) is 0.113. The fourth-order valence-electron chi connectivity index (χ4n) is 6.24. The van der Waals surface area contributed by atoms with Crippen molar-refractivity contribution in [2.24, 2.45) is 0 Å². The highest BCUT2D eigenvalue weighted by Crippen LogP contribution is 2.59. The molecule has 16 heteroatoms. The number of carbonyl (C=O) groups is 6. The van der Waals surface area contributed by atoms with Crippen LogP contribution >= 0.6 is 0 Å². The molecule has 292 valence electrons. The molecule has 1 unspecified atom stereocenters. The molecular weight excluding hydrogens is 722 g/mol. The van der Waals surface area contributed by atoms with Gasteiger partial charge in [-0.3, -0.25) is 28.9 Å². The molecule has 2 aliphatic rings. The van der Waals surface area contributed by atoms with Crippen LogP contribution in [0.15, 0.2) is 48.5 Å². The molecule has 0 aliphatic carbocycles. The molecule has 0 aromatic heterocycles. The molecule has 2 aliphatic heterocycles. The Kier molecular flexibility index (Phi) is 12.6. The Labute approximate surface area is 316 Å². The summed E-state index contributed by atoms with van der Waals surface area (Å²) in [6.07, 6.45) is 0.0148. The molecule has 0 N–H and O–H groups in total. The summed E-state index contributed by atoms with van der Waals surface area (Å²) >= 11 is 0. The van der Waals surface area contributed by atoms with Gasteiger partial charge in [0.15, 0.2) is 5.60 Å². The molecule has 0 saturated carbocycles. The lowest BCUT2D eigenvalue weighted by atomic mass is 9.76. The SMILES string of the molecule is CCc1c(OCOC(C)=O)ccc2c1Oc1c(ccc(OC(C)C)c1CN(CC(=O)OCOC(C)=O)CC(=O)OCOC(C)=O)C21OC(=O)c2ccccc21. The molecule has 5 rings (SSSR count). The molecule has 1 spiro atoms. The number of hydrogen-bond donors (Lipinski definition) is 0. The van der Waals surface area contributed by atoms with Crippen molar-refractivity contribution >= 4 is 35.8 Å². The van der Waals surface area contributed by atoms with Gasteiger partial charge in [-0.1, -0.05) is 25.1 Å². The second-order valence-electron chi connectivity index (χ2n) is 12.7. The second kappa shape index (κ2) is 17.3. The number of hydrogen-bond acceptors (Lipinski definition) is 16. The van der Waals surface area contributed by atoms with Crippen LogP contribution in [0.2, 0.25) is 0 Å². The van der Waals surface area contributed by atoms with Gasteiger partial charge in [0.05, 0.1) is 30.3 Å². The van der Waals surface area contributed by atoms with E-state index in [1.807, 2.05) is 20.8 Å². The fraction of sp³-hybridized carbons (Fsp3) is 0.385. The number of benzene rings is 3. The molecular formula is C39H41NO15. The van der Waals surface area contributed by atoms with Crippen molar-refractivity contribution in [1.82, 2.24) is 4.90 Å². The van der Waals surface area contributed by atoms with Gasteiger partial charge in [0.1, 0.15) is 23.0 Å². The second-order valence-corrected chi connectivity index (χ2v) is 12.7. The van der Waals surface area contributed by atoms with E-state index in [0.29, 0.717) is 57.1 Å². The largest absolute Gasteiger partial charge is 0.491 e. The minimum absolute atomic E-state index is 0.202. The van der Waals surface area contributed by atoms with Crippen LogP contribution in [0, 0.1) is 0 Å².